The lowest BCUT2D eigenvalue weighted by molar-refractivity contribution is -0.117. The second kappa shape index (κ2) is 9.86. The third-order valence-electron chi connectivity index (χ3n) is 3.44. The van der Waals surface area contributed by atoms with Crippen LogP contribution in [-0.2, 0) is 11.3 Å². The first kappa shape index (κ1) is 19.8. The lowest BCUT2D eigenvalue weighted by atomic mass is 10.1. The highest BCUT2D eigenvalue weighted by atomic mass is 35.5. The zero-order valence-corrected chi connectivity index (χ0v) is 15.8. The van der Waals surface area contributed by atoms with Gasteiger partial charge in [0.25, 0.3) is 5.91 Å². The summed E-state index contributed by atoms with van der Waals surface area (Å²) in [5.41, 5.74) is 1.47. The van der Waals surface area contributed by atoms with E-state index < -0.39 is 5.91 Å². The largest absolute Gasteiger partial charge is 0.490 e. The average Bonchev–Trinajstić information content (AvgIpc) is 2.64. The first-order valence-corrected chi connectivity index (χ1v) is 8.86. The summed E-state index contributed by atoms with van der Waals surface area (Å²) < 4.78 is 5.51. The van der Waals surface area contributed by atoms with Crippen LogP contribution in [0, 0.1) is 11.3 Å². The number of nitriles is 1. The van der Waals surface area contributed by atoms with Crippen LogP contribution in [0.1, 0.15) is 24.5 Å². The number of carbonyl (C=O) groups is 1. The number of nitrogens with zero attached hydrogens (tertiary/aromatic N) is 1. The number of hydrogen-bond acceptors (Lipinski definition) is 3. The molecule has 2 aromatic carbocycles. The van der Waals surface area contributed by atoms with E-state index in [1.54, 1.807) is 12.1 Å². The number of nitrogens with one attached hydrogen (secondary N) is 1. The van der Waals surface area contributed by atoms with E-state index >= 15 is 0 Å². The quantitative estimate of drug-likeness (QED) is 0.535. The maximum atomic E-state index is 12.2. The smallest absolute Gasteiger partial charge is 0.262 e. The Morgan fingerprint density at radius 1 is 1.23 bits per heavy atom. The molecular formula is C20H18Cl2N2O2. The zero-order chi connectivity index (χ0) is 18.9. The summed E-state index contributed by atoms with van der Waals surface area (Å²) in [5.74, 6) is -0.0609. The van der Waals surface area contributed by atoms with Crippen LogP contribution in [0.2, 0.25) is 10.0 Å². The van der Waals surface area contributed by atoms with Gasteiger partial charge in [-0.05, 0) is 35.8 Å². The van der Waals surface area contributed by atoms with Gasteiger partial charge < -0.3 is 10.1 Å². The molecule has 26 heavy (non-hydrogen) atoms. The van der Waals surface area contributed by atoms with E-state index in [9.17, 15) is 10.1 Å². The Morgan fingerprint density at radius 3 is 2.46 bits per heavy atom. The average molecular weight is 389 g/mol. The fourth-order valence-corrected chi connectivity index (χ4v) is 2.81. The zero-order valence-electron chi connectivity index (χ0n) is 14.3. The van der Waals surface area contributed by atoms with Gasteiger partial charge in [0.05, 0.1) is 16.7 Å². The van der Waals surface area contributed by atoms with E-state index in [4.69, 9.17) is 27.9 Å². The SMILES string of the molecule is CCCOc1c(Cl)cc(/C=C(\C#N)C(=O)NCc2ccccc2)cc1Cl. The van der Waals surface area contributed by atoms with Gasteiger partial charge in [-0.3, -0.25) is 4.79 Å². The summed E-state index contributed by atoms with van der Waals surface area (Å²) >= 11 is 12.4. The number of hydrogen-bond donors (Lipinski definition) is 1. The molecule has 0 saturated heterocycles. The van der Waals surface area contributed by atoms with Gasteiger partial charge in [0, 0.05) is 6.54 Å². The normalized spacial score (nSPS) is 10.9. The summed E-state index contributed by atoms with van der Waals surface area (Å²) in [6.07, 6.45) is 2.27. The van der Waals surface area contributed by atoms with Gasteiger partial charge in [-0.15, -0.1) is 0 Å². The lowest BCUT2D eigenvalue weighted by Crippen LogP contribution is -2.23. The molecule has 0 fully saturated rings. The van der Waals surface area contributed by atoms with E-state index in [1.807, 2.05) is 43.3 Å². The van der Waals surface area contributed by atoms with Crippen molar-refractivity contribution in [1.82, 2.24) is 5.32 Å². The third kappa shape index (κ3) is 5.52. The van der Waals surface area contributed by atoms with Gasteiger partial charge in [0.15, 0.2) is 5.75 Å². The summed E-state index contributed by atoms with van der Waals surface area (Å²) in [6, 6.07) is 14.6. The van der Waals surface area contributed by atoms with Crippen LogP contribution in [0.25, 0.3) is 6.08 Å². The number of halogens is 2. The topological polar surface area (TPSA) is 62.1 Å². The van der Waals surface area contributed by atoms with Crippen LogP contribution in [0.5, 0.6) is 5.75 Å². The molecule has 0 aliphatic heterocycles. The van der Waals surface area contributed by atoms with Crippen molar-refractivity contribution in [3.63, 3.8) is 0 Å². The standard InChI is InChI=1S/C20H18Cl2N2O2/c1-2-8-26-19-17(21)10-15(11-18(19)22)9-16(12-23)20(25)24-13-14-6-4-3-5-7-14/h3-7,9-11H,2,8,13H2,1H3,(H,24,25)/b16-9+. The van der Waals surface area contributed by atoms with Gasteiger partial charge in [-0.25, -0.2) is 0 Å². The lowest BCUT2D eigenvalue weighted by Gasteiger charge is -2.10. The van der Waals surface area contributed by atoms with Crippen LogP contribution < -0.4 is 10.1 Å². The van der Waals surface area contributed by atoms with E-state index in [2.05, 4.69) is 5.32 Å². The molecule has 0 atom stereocenters. The fraction of sp³-hybridized carbons (Fsp3) is 0.200. The van der Waals surface area contributed by atoms with Crippen LogP contribution in [-0.4, -0.2) is 12.5 Å². The second-order valence-electron chi connectivity index (χ2n) is 5.50. The fourth-order valence-electron chi connectivity index (χ4n) is 2.19. The number of ether oxygens (including phenoxy) is 1. The Hall–Kier alpha value is -2.48. The monoisotopic (exact) mass is 388 g/mol. The van der Waals surface area contributed by atoms with Crippen LogP contribution in [0.4, 0.5) is 0 Å². The molecule has 0 radical (unpaired) electrons. The van der Waals surface area contributed by atoms with Crippen molar-refractivity contribution in [2.75, 3.05) is 6.61 Å². The van der Waals surface area contributed by atoms with Gasteiger partial charge in [0.1, 0.15) is 11.6 Å². The molecular weight excluding hydrogens is 371 g/mol. The Bertz CT molecular complexity index is 820. The van der Waals surface area contributed by atoms with E-state index in [-0.39, 0.29) is 5.57 Å². The Morgan fingerprint density at radius 2 is 1.88 bits per heavy atom. The molecule has 0 aliphatic rings. The summed E-state index contributed by atoms with van der Waals surface area (Å²) in [5, 5.41) is 12.7. The van der Waals surface area contributed by atoms with Crippen LogP contribution >= 0.6 is 23.2 Å². The Labute approximate surface area is 163 Å². The summed E-state index contributed by atoms with van der Waals surface area (Å²) in [7, 11) is 0. The molecule has 0 bridgehead atoms. The highest BCUT2D eigenvalue weighted by Crippen LogP contribution is 2.35. The molecule has 134 valence electrons. The van der Waals surface area contributed by atoms with Crippen molar-refractivity contribution >= 4 is 35.2 Å². The molecule has 0 unspecified atom stereocenters. The van der Waals surface area contributed by atoms with Gasteiger partial charge in [-0.1, -0.05) is 60.5 Å². The minimum Gasteiger partial charge on any atom is -0.490 e. The molecule has 6 heteroatoms. The molecule has 1 amide bonds. The minimum absolute atomic E-state index is 0.0321. The van der Waals surface area contributed by atoms with Crippen molar-refractivity contribution in [3.8, 4) is 11.8 Å². The maximum absolute atomic E-state index is 12.2. The van der Waals surface area contributed by atoms with Crippen molar-refractivity contribution in [1.29, 1.82) is 5.26 Å². The molecule has 1 N–H and O–H groups in total. The highest BCUT2D eigenvalue weighted by Gasteiger charge is 2.12. The van der Waals surface area contributed by atoms with Crippen LogP contribution in [0.15, 0.2) is 48.0 Å². The number of benzene rings is 2. The van der Waals surface area contributed by atoms with Gasteiger partial charge in [-0.2, -0.15) is 5.26 Å². The number of carbonyl (C=O) groups excluding carboxylic acids is 1. The number of rotatable bonds is 7. The van der Waals surface area contributed by atoms with Crippen molar-refractivity contribution in [2.45, 2.75) is 19.9 Å². The molecule has 4 nitrogen and oxygen atoms in total. The highest BCUT2D eigenvalue weighted by molar-refractivity contribution is 6.37. The van der Waals surface area contributed by atoms with Gasteiger partial charge >= 0.3 is 0 Å². The molecule has 0 heterocycles. The molecule has 0 aromatic heterocycles. The first-order chi connectivity index (χ1) is 12.5. The third-order valence-corrected chi connectivity index (χ3v) is 4.00. The van der Waals surface area contributed by atoms with Crippen molar-refractivity contribution in [3.05, 3.63) is 69.2 Å². The maximum Gasteiger partial charge on any atom is 0.262 e. The van der Waals surface area contributed by atoms with Crippen molar-refractivity contribution < 1.29 is 9.53 Å². The Kier molecular flexibility index (Phi) is 7.53. The molecule has 0 aliphatic carbocycles. The minimum atomic E-state index is -0.463. The molecule has 0 saturated carbocycles. The van der Waals surface area contributed by atoms with E-state index in [0.717, 1.165) is 12.0 Å². The molecule has 2 aromatic rings. The predicted octanol–water partition coefficient (Wildman–Crippen LogP) is 5.01. The molecule has 0 spiro atoms. The Balaban J connectivity index is 2.14. The number of amides is 1. The van der Waals surface area contributed by atoms with Crippen LogP contribution in [0.3, 0.4) is 0 Å². The second-order valence-corrected chi connectivity index (χ2v) is 6.31. The van der Waals surface area contributed by atoms with E-state index in [1.165, 1.54) is 6.08 Å². The first-order valence-electron chi connectivity index (χ1n) is 8.11. The molecule has 2 rings (SSSR count). The predicted molar refractivity (Wildman–Crippen MR) is 104 cm³/mol. The summed E-state index contributed by atoms with van der Waals surface area (Å²) in [6.45, 7) is 2.82. The van der Waals surface area contributed by atoms with Gasteiger partial charge in [0.2, 0.25) is 0 Å². The van der Waals surface area contributed by atoms with E-state index in [0.29, 0.717) is 34.5 Å². The summed E-state index contributed by atoms with van der Waals surface area (Å²) in [4.78, 5) is 12.2. The van der Waals surface area contributed by atoms with Crippen molar-refractivity contribution in [2.24, 2.45) is 0 Å².